The van der Waals surface area contributed by atoms with E-state index in [1.807, 2.05) is 6.92 Å². The molecule has 1 rings (SSSR count). The molecular formula is C13H14F4O. The second-order valence-corrected chi connectivity index (χ2v) is 3.90. The van der Waals surface area contributed by atoms with Crippen LogP contribution in [0.15, 0.2) is 36.2 Å². The average molecular weight is 262 g/mol. The zero-order chi connectivity index (χ0) is 13.8. The molecule has 0 saturated carbocycles. The van der Waals surface area contributed by atoms with Gasteiger partial charge in [-0.25, -0.2) is 4.39 Å². The summed E-state index contributed by atoms with van der Waals surface area (Å²) in [6.45, 7) is 1.86. The minimum Gasteiger partial charge on any atom is -0.381 e. The predicted octanol–water partition coefficient (Wildman–Crippen LogP) is 4.39. The maximum atomic E-state index is 13.4. The lowest BCUT2D eigenvalue weighted by molar-refractivity contribution is -0.137. The number of benzene rings is 1. The fraction of sp³-hybridized carbons (Fsp3) is 0.385. The Morgan fingerprint density at radius 3 is 2.28 bits per heavy atom. The Bertz CT molecular complexity index is 406. The molecule has 1 unspecified atom stereocenters. The zero-order valence-electron chi connectivity index (χ0n) is 9.84. The summed E-state index contributed by atoms with van der Waals surface area (Å²) in [5.41, 5.74) is -0.718. The van der Waals surface area contributed by atoms with E-state index in [0.717, 1.165) is 30.7 Å². The normalized spacial score (nSPS) is 14.7. The average Bonchev–Trinajstić information content (AvgIpc) is 2.34. The molecular weight excluding hydrogens is 248 g/mol. The third kappa shape index (κ3) is 3.84. The summed E-state index contributed by atoms with van der Waals surface area (Å²) in [6.07, 6.45) is -3.49. The van der Waals surface area contributed by atoms with Crippen molar-refractivity contribution in [2.24, 2.45) is 0 Å². The summed E-state index contributed by atoms with van der Waals surface area (Å²) in [5.74, 6) is -0.739. The topological polar surface area (TPSA) is 20.2 Å². The first kappa shape index (κ1) is 14.7. The number of alkyl halides is 3. The standard InChI is InChI=1S/C13H14F4O/c1-2-3-4-11(14)12(18)9-5-7-10(8-6-9)13(15,16)17/h4-8,12,18H,2-3H2,1H3/b11-4-. The van der Waals surface area contributed by atoms with E-state index in [2.05, 4.69) is 0 Å². The van der Waals surface area contributed by atoms with Crippen molar-refractivity contribution in [2.45, 2.75) is 32.0 Å². The van der Waals surface area contributed by atoms with Crippen molar-refractivity contribution in [3.63, 3.8) is 0 Å². The van der Waals surface area contributed by atoms with Crippen LogP contribution in [0.5, 0.6) is 0 Å². The fourth-order valence-electron chi connectivity index (χ4n) is 1.41. The Labute approximate surface area is 103 Å². The van der Waals surface area contributed by atoms with Crippen LogP contribution in [0.1, 0.15) is 37.0 Å². The first-order chi connectivity index (χ1) is 8.36. The molecule has 0 heterocycles. The van der Waals surface area contributed by atoms with Gasteiger partial charge in [-0.1, -0.05) is 25.5 Å². The predicted molar refractivity (Wildman–Crippen MR) is 60.5 cm³/mol. The largest absolute Gasteiger partial charge is 0.416 e. The molecule has 0 aliphatic carbocycles. The van der Waals surface area contributed by atoms with Gasteiger partial charge in [0.05, 0.1) is 5.56 Å². The van der Waals surface area contributed by atoms with Crippen LogP contribution in [0.3, 0.4) is 0 Å². The monoisotopic (exact) mass is 262 g/mol. The number of rotatable bonds is 4. The highest BCUT2D eigenvalue weighted by molar-refractivity contribution is 5.29. The van der Waals surface area contributed by atoms with Gasteiger partial charge < -0.3 is 5.11 Å². The van der Waals surface area contributed by atoms with E-state index in [-0.39, 0.29) is 5.56 Å². The molecule has 18 heavy (non-hydrogen) atoms. The van der Waals surface area contributed by atoms with Gasteiger partial charge in [-0.3, -0.25) is 0 Å². The van der Waals surface area contributed by atoms with Gasteiger partial charge in [0, 0.05) is 0 Å². The maximum Gasteiger partial charge on any atom is 0.416 e. The molecule has 0 aliphatic heterocycles. The van der Waals surface area contributed by atoms with Gasteiger partial charge in [0.15, 0.2) is 0 Å². The number of aliphatic hydroxyl groups excluding tert-OH is 1. The van der Waals surface area contributed by atoms with E-state index < -0.39 is 23.7 Å². The van der Waals surface area contributed by atoms with E-state index in [1.165, 1.54) is 6.08 Å². The molecule has 1 atom stereocenters. The van der Waals surface area contributed by atoms with Gasteiger partial charge in [-0.2, -0.15) is 13.2 Å². The molecule has 0 fully saturated rings. The van der Waals surface area contributed by atoms with Crippen molar-refractivity contribution in [1.82, 2.24) is 0 Å². The minimum absolute atomic E-state index is 0.104. The molecule has 0 aromatic heterocycles. The van der Waals surface area contributed by atoms with Gasteiger partial charge >= 0.3 is 6.18 Å². The van der Waals surface area contributed by atoms with Crippen molar-refractivity contribution in [1.29, 1.82) is 0 Å². The second kappa shape index (κ2) is 6.00. The summed E-state index contributed by atoms with van der Waals surface area (Å²) in [4.78, 5) is 0. The first-order valence-electron chi connectivity index (χ1n) is 5.57. The number of aliphatic hydroxyl groups is 1. The van der Waals surface area contributed by atoms with E-state index in [4.69, 9.17) is 0 Å². The molecule has 0 saturated heterocycles. The number of hydrogen-bond acceptors (Lipinski definition) is 1. The van der Waals surface area contributed by atoms with Gasteiger partial charge in [-0.15, -0.1) is 0 Å². The first-order valence-corrected chi connectivity index (χ1v) is 5.57. The highest BCUT2D eigenvalue weighted by atomic mass is 19.4. The highest BCUT2D eigenvalue weighted by Crippen LogP contribution is 2.31. The van der Waals surface area contributed by atoms with Gasteiger partial charge in [-0.05, 0) is 30.2 Å². The highest BCUT2D eigenvalue weighted by Gasteiger charge is 2.30. The molecule has 1 aromatic carbocycles. The molecule has 100 valence electrons. The van der Waals surface area contributed by atoms with E-state index in [0.29, 0.717) is 6.42 Å². The Morgan fingerprint density at radius 2 is 1.83 bits per heavy atom. The van der Waals surface area contributed by atoms with Crippen LogP contribution >= 0.6 is 0 Å². The Hall–Kier alpha value is -1.36. The molecule has 5 heteroatoms. The second-order valence-electron chi connectivity index (χ2n) is 3.90. The third-order valence-corrected chi connectivity index (χ3v) is 2.44. The minimum atomic E-state index is -4.43. The zero-order valence-corrected chi connectivity index (χ0v) is 9.84. The number of allylic oxidation sites excluding steroid dienone is 1. The van der Waals surface area contributed by atoms with Crippen LogP contribution < -0.4 is 0 Å². The summed E-state index contributed by atoms with van der Waals surface area (Å²) >= 11 is 0. The molecule has 1 aromatic rings. The smallest absolute Gasteiger partial charge is 0.381 e. The third-order valence-electron chi connectivity index (χ3n) is 2.44. The Kier molecular flexibility index (Phi) is 4.90. The van der Waals surface area contributed by atoms with E-state index in [9.17, 15) is 22.7 Å². The Balaban J connectivity index is 2.85. The molecule has 0 amide bonds. The summed E-state index contributed by atoms with van der Waals surface area (Å²) in [5, 5.41) is 9.58. The quantitative estimate of drug-likeness (QED) is 0.798. The molecule has 0 aliphatic rings. The van der Waals surface area contributed by atoms with Crippen LogP contribution in [0.4, 0.5) is 17.6 Å². The van der Waals surface area contributed by atoms with E-state index in [1.54, 1.807) is 0 Å². The van der Waals surface area contributed by atoms with Crippen molar-refractivity contribution in [3.05, 3.63) is 47.3 Å². The van der Waals surface area contributed by atoms with Crippen molar-refractivity contribution < 1.29 is 22.7 Å². The fourth-order valence-corrected chi connectivity index (χ4v) is 1.41. The van der Waals surface area contributed by atoms with Gasteiger partial charge in [0.1, 0.15) is 11.9 Å². The van der Waals surface area contributed by atoms with E-state index >= 15 is 0 Å². The van der Waals surface area contributed by atoms with Crippen LogP contribution in [-0.2, 0) is 6.18 Å². The van der Waals surface area contributed by atoms with Gasteiger partial charge in [0.2, 0.25) is 0 Å². The van der Waals surface area contributed by atoms with Crippen LogP contribution in [0.2, 0.25) is 0 Å². The number of unbranched alkanes of at least 4 members (excludes halogenated alkanes) is 1. The SMILES string of the molecule is CCC/C=C(\F)C(O)c1ccc(C(F)(F)F)cc1. The molecule has 0 bridgehead atoms. The molecule has 0 spiro atoms. The lowest BCUT2D eigenvalue weighted by Gasteiger charge is -2.11. The van der Waals surface area contributed by atoms with Crippen molar-refractivity contribution >= 4 is 0 Å². The van der Waals surface area contributed by atoms with Crippen molar-refractivity contribution in [3.8, 4) is 0 Å². The number of halogens is 4. The summed E-state index contributed by atoms with van der Waals surface area (Å²) in [7, 11) is 0. The van der Waals surface area contributed by atoms with Crippen LogP contribution in [0.25, 0.3) is 0 Å². The van der Waals surface area contributed by atoms with Crippen LogP contribution in [-0.4, -0.2) is 5.11 Å². The maximum absolute atomic E-state index is 13.4. The molecule has 1 N–H and O–H groups in total. The number of hydrogen-bond donors (Lipinski definition) is 1. The summed E-state index contributed by atoms with van der Waals surface area (Å²) in [6, 6.07) is 3.80. The lowest BCUT2D eigenvalue weighted by Crippen LogP contribution is -2.05. The van der Waals surface area contributed by atoms with Crippen LogP contribution in [0, 0.1) is 0 Å². The molecule has 0 radical (unpaired) electrons. The van der Waals surface area contributed by atoms with Crippen molar-refractivity contribution in [2.75, 3.05) is 0 Å². The summed E-state index contributed by atoms with van der Waals surface area (Å²) < 4.78 is 50.3. The molecule has 1 nitrogen and oxygen atoms in total. The Morgan fingerprint density at radius 1 is 1.28 bits per heavy atom. The lowest BCUT2D eigenvalue weighted by atomic mass is 10.1. The van der Waals surface area contributed by atoms with Gasteiger partial charge in [0.25, 0.3) is 0 Å².